The van der Waals surface area contributed by atoms with Gasteiger partial charge in [0.15, 0.2) is 0 Å². The number of aliphatic hydroxyl groups is 1. The number of aryl methyl sites for hydroxylation is 1. The summed E-state index contributed by atoms with van der Waals surface area (Å²) in [5.41, 5.74) is 4.50. The number of rotatable bonds is 3. The fraction of sp³-hybridized carbons (Fsp3) is 0.250. The zero-order valence-corrected chi connectivity index (χ0v) is 13.8. The molecule has 25 heavy (non-hydrogen) atoms. The smallest absolute Gasteiger partial charge is 0.260 e. The molecular weight excluding hydrogens is 321 g/mol. The molecule has 2 N–H and O–H groups in total. The predicted molar refractivity (Wildman–Crippen MR) is 93.2 cm³/mol. The number of carbonyl (C=O) groups excluding carboxylic acids is 1. The molecule has 0 saturated heterocycles. The maximum atomic E-state index is 13.7. The lowest BCUT2D eigenvalue weighted by Crippen LogP contribution is -2.05. The van der Waals surface area contributed by atoms with Crippen LogP contribution in [0.1, 0.15) is 41.7 Å². The summed E-state index contributed by atoms with van der Waals surface area (Å²) in [5, 5.41) is 11.8. The number of ether oxygens (including phenoxy) is 1. The van der Waals surface area contributed by atoms with E-state index in [4.69, 9.17) is 9.84 Å². The Morgan fingerprint density at radius 2 is 2.04 bits per heavy atom. The summed E-state index contributed by atoms with van der Waals surface area (Å²) >= 11 is 0. The number of amides is 1. The molecule has 0 aliphatic carbocycles. The van der Waals surface area contributed by atoms with Gasteiger partial charge >= 0.3 is 0 Å². The maximum Gasteiger partial charge on any atom is 0.260 e. The lowest BCUT2D eigenvalue weighted by molar-refractivity contribution is -0.110. The lowest BCUT2D eigenvalue weighted by atomic mass is 9.96. The van der Waals surface area contributed by atoms with Crippen LogP contribution in [0.5, 0.6) is 0 Å². The Bertz CT molecular complexity index is 904. The van der Waals surface area contributed by atoms with Crippen LogP contribution in [0.4, 0.5) is 10.1 Å². The van der Waals surface area contributed by atoms with Gasteiger partial charge in [-0.2, -0.15) is 0 Å². The number of aliphatic hydroxyl groups excluding tert-OH is 1. The number of halogens is 1. The Labute approximate surface area is 144 Å². The molecular formula is C20H18FNO3. The first-order valence-electron chi connectivity index (χ1n) is 8.34. The van der Waals surface area contributed by atoms with Gasteiger partial charge in [0.2, 0.25) is 0 Å². The van der Waals surface area contributed by atoms with Gasteiger partial charge in [-0.3, -0.25) is 4.79 Å². The van der Waals surface area contributed by atoms with E-state index in [1.54, 1.807) is 6.07 Å². The van der Waals surface area contributed by atoms with Crippen LogP contribution in [0.15, 0.2) is 36.4 Å². The van der Waals surface area contributed by atoms with E-state index in [9.17, 15) is 9.18 Å². The Morgan fingerprint density at radius 3 is 2.84 bits per heavy atom. The van der Waals surface area contributed by atoms with Crippen molar-refractivity contribution in [1.82, 2.24) is 0 Å². The molecule has 0 bridgehead atoms. The minimum Gasteiger partial charge on any atom is -0.484 e. The largest absolute Gasteiger partial charge is 0.484 e. The van der Waals surface area contributed by atoms with E-state index in [1.165, 1.54) is 12.1 Å². The van der Waals surface area contributed by atoms with Crippen molar-refractivity contribution in [2.45, 2.75) is 25.9 Å². The molecule has 1 unspecified atom stereocenters. The van der Waals surface area contributed by atoms with Gasteiger partial charge < -0.3 is 15.2 Å². The number of nitrogens with one attached hydrogen (secondary N) is 1. The van der Waals surface area contributed by atoms with Gasteiger partial charge in [0.1, 0.15) is 17.7 Å². The molecule has 0 spiro atoms. The van der Waals surface area contributed by atoms with E-state index in [-0.39, 0.29) is 24.4 Å². The summed E-state index contributed by atoms with van der Waals surface area (Å²) in [7, 11) is 0. The van der Waals surface area contributed by atoms with Gasteiger partial charge in [-0.1, -0.05) is 18.2 Å². The SMILES string of the molecule is CC1O/C(=C2/C(=O)Nc3ccc(F)cc32)c2ccc(CCCO)cc21. The van der Waals surface area contributed by atoms with Crippen LogP contribution >= 0.6 is 0 Å². The van der Waals surface area contributed by atoms with Crippen molar-refractivity contribution in [3.63, 3.8) is 0 Å². The first-order chi connectivity index (χ1) is 12.1. The predicted octanol–water partition coefficient (Wildman–Crippen LogP) is 3.66. The highest BCUT2D eigenvalue weighted by atomic mass is 19.1. The standard InChI is InChI=1S/C20H18FNO3/c1-11-15-9-12(3-2-8-23)4-6-14(15)19(25-11)18-16-10-13(21)5-7-17(16)22-20(18)24/h4-7,9-11,23H,2-3,8H2,1H3,(H,22,24)/b19-18+. The van der Waals surface area contributed by atoms with Gasteiger partial charge in [-0.25, -0.2) is 4.39 Å². The summed E-state index contributed by atoms with van der Waals surface area (Å²) < 4.78 is 19.7. The summed E-state index contributed by atoms with van der Waals surface area (Å²) in [6, 6.07) is 10.2. The molecule has 2 aromatic carbocycles. The molecule has 0 aromatic heterocycles. The van der Waals surface area contributed by atoms with Crippen LogP contribution in [0.3, 0.4) is 0 Å². The van der Waals surface area contributed by atoms with E-state index < -0.39 is 0 Å². The molecule has 4 rings (SSSR count). The molecule has 1 atom stereocenters. The fourth-order valence-electron chi connectivity index (χ4n) is 3.46. The van der Waals surface area contributed by atoms with Crippen LogP contribution in [0.2, 0.25) is 0 Å². The van der Waals surface area contributed by atoms with Crippen LogP contribution < -0.4 is 5.32 Å². The topological polar surface area (TPSA) is 58.6 Å². The van der Waals surface area contributed by atoms with Crippen molar-refractivity contribution in [2.75, 3.05) is 11.9 Å². The zero-order valence-electron chi connectivity index (χ0n) is 13.8. The Balaban J connectivity index is 1.83. The number of benzene rings is 2. The molecule has 1 amide bonds. The van der Waals surface area contributed by atoms with E-state index >= 15 is 0 Å². The summed E-state index contributed by atoms with van der Waals surface area (Å²) in [5.74, 6) is -0.169. The summed E-state index contributed by atoms with van der Waals surface area (Å²) in [6.45, 7) is 2.09. The van der Waals surface area contributed by atoms with Crippen molar-refractivity contribution in [3.8, 4) is 0 Å². The number of carbonyl (C=O) groups is 1. The van der Waals surface area contributed by atoms with E-state index in [0.717, 1.165) is 23.1 Å². The number of fused-ring (bicyclic) bond motifs is 2. The van der Waals surface area contributed by atoms with Gasteiger partial charge in [-0.15, -0.1) is 0 Å². The summed E-state index contributed by atoms with van der Waals surface area (Å²) in [4.78, 5) is 12.5. The normalized spacial score (nSPS) is 20.9. The molecule has 0 fully saturated rings. The van der Waals surface area contributed by atoms with Crippen LogP contribution in [0, 0.1) is 5.82 Å². The van der Waals surface area contributed by atoms with Crippen LogP contribution in [0.25, 0.3) is 11.3 Å². The Hall–Kier alpha value is -2.66. The molecule has 2 aromatic rings. The number of hydrogen-bond acceptors (Lipinski definition) is 3. The highest BCUT2D eigenvalue weighted by molar-refractivity contribution is 6.36. The minimum atomic E-state index is -0.390. The Kier molecular flexibility index (Phi) is 3.81. The first-order valence-corrected chi connectivity index (χ1v) is 8.34. The highest BCUT2D eigenvalue weighted by Gasteiger charge is 2.35. The molecule has 0 radical (unpaired) electrons. The van der Waals surface area contributed by atoms with E-state index in [0.29, 0.717) is 29.0 Å². The minimum absolute atomic E-state index is 0.154. The van der Waals surface area contributed by atoms with Gasteiger partial charge in [0.05, 0.1) is 5.57 Å². The average Bonchev–Trinajstić information content (AvgIpc) is 3.09. The monoisotopic (exact) mass is 339 g/mol. The quantitative estimate of drug-likeness (QED) is 0.839. The molecule has 4 nitrogen and oxygen atoms in total. The van der Waals surface area contributed by atoms with Crippen molar-refractivity contribution in [1.29, 1.82) is 0 Å². The number of hydrogen-bond donors (Lipinski definition) is 2. The Morgan fingerprint density at radius 1 is 1.20 bits per heavy atom. The fourth-order valence-corrected chi connectivity index (χ4v) is 3.46. The average molecular weight is 339 g/mol. The summed E-state index contributed by atoms with van der Waals surface area (Å²) in [6.07, 6.45) is 1.31. The van der Waals surface area contributed by atoms with Crippen molar-refractivity contribution >= 4 is 22.9 Å². The zero-order chi connectivity index (χ0) is 17.6. The third-order valence-corrected chi connectivity index (χ3v) is 4.67. The molecule has 0 saturated carbocycles. The number of anilines is 1. The van der Waals surface area contributed by atoms with Crippen LogP contribution in [-0.4, -0.2) is 17.6 Å². The van der Waals surface area contributed by atoms with Gasteiger partial charge in [-0.05, 0) is 43.5 Å². The highest BCUT2D eigenvalue weighted by Crippen LogP contribution is 2.45. The van der Waals surface area contributed by atoms with E-state index in [2.05, 4.69) is 11.4 Å². The lowest BCUT2D eigenvalue weighted by Gasteiger charge is -2.07. The molecule has 2 heterocycles. The molecule has 128 valence electrons. The second kappa shape index (κ2) is 6.01. The second-order valence-corrected chi connectivity index (χ2v) is 6.36. The second-order valence-electron chi connectivity index (χ2n) is 6.36. The molecule has 5 heteroatoms. The van der Waals surface area contributed by atoms with E-state index in [1.807, 2.05) is 19.1 Å². The third kappa shape index (κ3) is 2.61. The van der Waals surface area contributed by atoms with Crippen LogP contribution in [-0.2, 0) is 16.0 Å². The van der Waals surface area contributed by atoms with Crippen molar-refractivity contribution < 1.29 is 19.0 Å². The van der Waals surface area contributed by atoms with Crippen molar-refractivity contribution in [3.05, 3.63) is 64.5 Å². The molecule has 2 aliphatic heterocycles. The molecule has 2 aliphatic rings. The van der Waals surface area contributed by atoms with Crippen molar-refractivity contribution in [2.24, 2.45) is 0 Å². The van der Waals surface area contributed by atoms with Gasteiger partial charge in [0, 0.05) is 29.0 Å². The third-order valence-electron chi connectivity index (χ3n) is 4.67. The van der Waals surface area contributed by atoms with Gasteiger partial charge in [0.25, 0.3) is 5.91 Å². The maximum absolute atomic E-state index is 13.7. The first kappa shape index (κ1) is 15.8.